The van der Waals surface area contributed by atoms with Crippen LogP contribution in [0, 0.1) is 11.8 Å². The quantitative estimate of drug-likeness (QED) is 0.534. The molecule has 0 aromatic heterocycles. The molecule has 18 heavy (non-hydrogen) atoms. The molecule has 1 saturated carbocycles. The minimum atomic E-state index is -0.163. The fraction of sp³-hybridized carbons (Fsp3) is 0.857. The highest BCUT2D eigenvalue weighted by Gasteiger charge is 2.29. The molecule has 0 bridgehead atoms. The van der Waals surface area contributed by atoms with Gasteiger partial charge in [0, 0.05) is 18.9 Å². The fourth-order valence-electron chi connectivity index (χ4n) is 1.93. The third-order valence-electron chi connectivity index (χ3n) is 2.94. The van der Waals surface area contributed by atoms with Gasteiger partial charge in [0.2, 0.25) is 5.91 Å². The monoisotopic (exact) mass is 255 g/mol. The summed E-state index contributed by atoms with van der Waals surface area (Å²) in [7, 11) is 0. The summed E-state index contributed by atoms with van der Waals surface area (Å²) in [6, 6.07) is 0. The zero-order valence-corrected chi connectivity index (χ0v) is 11.7. The summed E-state index contributed by atoms with van der Waals surface area (Å²) in [6.07, 6.45) is 3.95. The second-order valence-electron chi connectivity index (χ2n) is 5.60. The molecule has 4 nitrogen and oxygen atoms in total. The van der Waals surface area contributed by atoms with Crippen LogP contribution in [0.25, 0.3) is 0 Å². The number of hydrogen-bond donors (Lipinski definition) is 1. The van der Waals surface area contributed by atoms with Gasteiger partial charge >= 0.3 is 5.97 Å². The highest BCUT2D eigenvalue weighted by Crippen LogP contribution is 2.28. The Morgan fingerprint density at radius 1 is 1.28 bits per heavy atom. The molecule has 1 atom stereocenters. The van der Waals surface area contributed by atoms with E-state index in [1.54, 1.807) is 0 Å². The third-order valence-corrected chi connectivity index (χ3v) is 2.94. The number of nitrogens with one attached hydrogen (secondary N) is 1. The van der Waals surface area contributed by atoms with Crippen molar-refractivity contribution >= 4 is 11.9 Å². The van der Waals surface area contributed by atoms with Crippen LogP contribution in [-0.4, -0.2) is 24.5 Å². The van der Waals surface area contributed by atoms with Gasteiger partial charge in [-0.15, -0.1) is 0 Å². The smallest absolute Gasteiger partial charge is 0.306 e. The van der Waals surface area contributed by atoms with Crippen molar-refractivity contribution < 1.29 is 14.3 Å². The molecule has 0 aromatic rings. The fourth-order valence-corrected chi connectivity index (χ4v) is 1.93. The Kier molecular flexibility index (Phi) is 6.16. The van der Waals surface area contributed by atoms with Crippen molar-refractivity contribution in [1.29, 1.82) is 0 Å². The predicted octanol–water partition coefficient (Wildman–Crippen LogP) is 2.27. The van der Waals surface area contributed by atoms with Gasteiger partial charge in [0.25, 0.3) is 0 Å². The van der Waals surface area contributed by atoms with Gasteiger partial charge in [-0.2, -0.15) is 0 Å². The lowest BCUT2D eigenvalue weighted by Crippen LogP contribution is -2.26. The van der Waals surface area contributed by atoms with Crippen LogP contribution >= 0.6 is 0 Å². The molecule has 1 rings (SSSR count). The predicted molar refractivity (Wildman–Crippen MR) is 70.0 cm³/mol. The third kappa shape index (κ3) is 6.62. The number of amides is 1. The molecular formula is C14H25NO3. The first-order chi connectivity index (χ1) is 8.49. The van der Waals surface area contributed by atoms with Crippen molar-refractivity contribution in [2.45, 2.75) is 59.0 Å². The Bertz CT molecular complexity index is 285. The normalized spacial score (nSPS) is 16.4. The molecule has 1 amide bonds. The van der Waals surface area contributed by atoms with Gasteiger partial charge in [0.15, 0.2) is 0 Å². The summed E-state index contributed by atoms with van der Waals surface area (Å²) in [5.41, 5.74) is 0. The number of carbonyl (C=O) groups is 2. The molecule has 0 aromatic carbocycles. The summed E-state index contributed by atoms with van der Waals surface area (Å²) in [5.74, 6) is 0.744. The number of hydrogen-bond acceptors (Lipinski definition) is 3. The van der Waals surface area contributed by atoms with Gasteiger partial charge < -0.3 is 10.1 Å². The van der Waals surface area contributed by atoms with Gasteiger partial charge in [-0.1, -0.05) is 13.8 Å². The highest BCUT2D eigenvalue weighted by atomic mass is 16.5. The van der Waals surface area contributed by atoms with E-state index in [2.05, 4.69) is 19.2 Å². The lowest BCUT2D eigenvalue weighted by molar-refractivity contribution is -0.149. The Hall–Kier alpha value is -1.06. The maximum Gasteiger partial charge on any atom is 0.306 e. The van der Waals surface area contributed by atoms with E-state index >= 15 is 0 Å². The van der Waals surface area contributed by atoms with E-state index in [-0.39, 0.29) is 23.9 Å². The van der Waals surface area contributed by atoms with Crippen LogP contribution in [0.3, 0.4) is 0 Å². The average molecular weight is 255 g/mol. The SMILES string of the molecule is CC(C)CC(C)OC(=O)CCCNC(=O)C1CC1. The molecule has 0 radical (unpaired) electrons. The van der Waals surface area contributed by atoms with E-state index in [1.165, 1.54) is 0 Å². The molecule has 0 aliphatic heterocycles. The second-order valence-corrected chi connectivity index (χ2v) is 5.60. The van der Waals surface area contributed by atoms with Crippen LogP contribution in [0.15, 0.2) is 0 Å². The Morgan fingerprint density at radius 2 is 1.94 bits per heavy atom. The maximum atomic E-state index is 11.5. The molecule has 4 heteroatoms. The highest BCUT2D eigenvalue weighted by molar-refractivity contribution is 5.80. The van der Waals surface area contributed by atoms with Crippen LogP contribution in [0.4, 0.5) is 0 Å². The first kappa shape index (κ1) is 15.0. The lowest BCUT2D eigenvalue weighted by Gasteiger charge is -2.15. The van der Waals surface area contributed by atoms with Crippen LogP contribution in [0.2, 0.25) is 0 Å². The molecular weight excluding hydrogens is 230 g/mol. The summed E-state index contributed by atoms with van der Waals surface area (Å²) < 4.78 is 5.28. The molecule has 0 saturated heterocycles. The Balaban J connectivity index is 2.00. The maximum absolute atomic E-state index is 11.5. The largest absolute Gasteiger partial charge is 0.463 e. The number of esters is 1. The molecule has 1 aliphatic rings. The molecule has 104 valence electrons. The minimum Gasteiger partial charge on any atom is -0.463 e. The van der Waals surface area contributed by atoms with E-state index in [0.29, 0.717) is 25.3 Å². The van der Waals surface area contributed by atoms with Gasteiger partial charge in [-0.3, -0.25) is 9.59 Å². The van der Waals surface area contributed by atoms with Gasteiger partial charge in [0.05, 0.1) is 6.10 Å². The first-order valence-corrected chi connectivity index (χ1v) is 6.96. The lowest BCUT2D eigenvalue weighted by atomic mass is 10.1. The van der Waals surface area contributed by atoms with Gasteiger partial charge in [-0.05, 0) is 38.5 Å². The number of ether oxygens (including phenoxy) is 1. The van der Waals surface area contributed by atoms with E-state index in [0.717, 1.165) is 19.3 Å². The van der Waals surface area contributed by atoms with Crippen molar-refractivity contribution in [3.63, 3.8) is 0 Å². The van der Waals surface area contributed by atoms with Crippen molar-refractivity contribution in [3.8, 4) is 0 Å². The van der Waals surface area contributed by atoms with E-state index in [9.17, 15) is 9.59 Å². The molecule has 1 aliphatic carbocycles. The summed E-state index contributed by atoms with van der Waals surface area (Å²) >= 11 is 0. The summed E-state index contributed by atoms with van der Waals surface area (Å²) in [4.78, 5) is 22.8. The standard InChI is InChI=1S/C14H25NO3/c1-10(2)9-11(3)18-13(16)5-4-8-15-14(17)12-6-7-12/h10-12H,4-9H2,1-3H3,(H,15,17). The molecule has 1 unspecified atom stereocenters. The van der Waals surface area contributed by atoms with E-state index in [4.69, 9.17) is 4.74 Å². The van der Waals surface area contributed by atoms with E-state index in [1.807, 2.05) is 6.92 Å². The second kappa shape index (κ2) is 7.39. The molecule has 0 spiro atoms. The van der Waals surface area contributed by atoms with E-state index < -0.39 is 0 Å². The number of rotatable bonds is 8. The number of carbonyl (C=O) groups excluding carboxylic acids is 2. The average Bonchev–Trinajstić information content (AvgIpc) is 3.06. The Morgan fingerprint density at radius 3 is 2.50 bits per heavy atom. The zero-order chi connectivity index (χ0) is 13.5. The molecule has 1 fully saturated rings. The van der Waals surface area contributed by atoms with Crippen molar-refractivity contribution in [2.24, 2.45) is 11.8 Å². The van der Waals surface area contributed by atoms with Crippen LogP contribution in [-0.2, 0) is 14.3 Å². The van der Waals surface area contributed by atoms with Crippen molar-refractivity contribution in [3.05, 3.63) is 0 Å². The topological polar surface area (TPSA) is 55.4 Å². The van der Waals surface area contributed by atoms with Gasteiger partial charge in [0.1, 0.15) is 0 Å². The van der Waals surface area contributed by atoms with Gasteiger partial charge in [-0.25, -0.2) is 0 Å². The minimum absolute atomic E-state index is 0.0152. The zero-order valence-electron chi connectivity index (χ0n) is 11.7. The summed E-state index contributed by atoms with van der Waals surface area (Å²) in [6.45, 7) is 6.71. The van der Waals surface area contributed by atoms with Crippen LogP contribution in [0.5, 0.6) is 0 Å². The molecule has 1 N–H and O–H groups in total. The van der Waals surface area contributed by atoms with Crippen LogP contribution < -0.4 is 5.32 Å². The Labute approximate surface area is 109 Å². The van der Waals surface area contributed by atoms with Crippen LogP contribution in [0.1, 0.15) is 52.9 Å². The van der Waals surface area contributed by atoms with Crippen molar-refractivity contribution in [2.75, 3.05) is 6.54 Å². The summed E-state index contributed by atoms with van der Waals surface area (Å²) in [5, 5.41) is 2.84. The first-order valence-electron chi connectivity index (χ1n) is 6.96. The molecule has 0 heterocycles. The van der Waals surface area contributed by atoms with Crippen molar-refractivity contribution in [1.82, 2.24) is 5.32 Å².